The van der Waals surface area contributed by atoms with Crippen molar-refractivity contribution in [1.82, 2.24) is 0 Å². The van der Waals surface area contributed by atoms with Gasteiger partial charge in [-0.25, -0.2) is 0 Å². The van der Waals surface area contributed by atoms with Crippen LogP contribution >= 0.6 is 0 Å². The van der Waals surface area contributed by atoms with E-state index < -0.39 is 5.41 Å². The average Bonchev–Trinajstić information content (AvgIpc) is 3.81. The molecule has 0 radical (unpaired) electrons. The van der Waals surface area contributed by atoms with E-state index in [1.54, 1.807) is 0 Å². The number of nitrogens with zero attached hydrogens (tertiary/aromatic N) is 1. The summed E-state index contributed by atoms with van der Waals surface area (Å²) < 4.78 is 6.27. The van der Waals surface area contributed by atoms with Crippen LogP contribution in [-0.2, 0) is 5.41 Å². The molecule has 270 valence electrons. The van der Waals surface area contributed by atoms with Crippen molar-refractivity contribution >= 4 is 39.0 Å². The van der Waals surface area contributed by atoms with Gasteiger partial charge in [-0.1, -0.05) is 164 Å². The second kappa shape index (κ2) is 13.5. The Bertz CT molecular complexity index is 3020. The van der Waals surface area contributed by atoms with Crippen LogP contribution < -0.4 is 4.90 Å². The highest BCUT2D eigenvalue weighted by Gasteiger charge is 2.47. The molecule has 1 heterocycles. The summed E-state index contributed by atoms with van der Waals surface area (Å²) in [5.74, 6) is 0. The molecular formula is C55H39NO. The Balaban J connectivity index is 1.17. The summed E-state index contributed by atoms with van der Waals surface area (Å²) >= 11 is 0. The molecule has 0 amide bonds. The number of para-hydroxylation sites is 2. The smallest absolute Gasteiger partial charge is 0.135 e. The maximum atomic E-state index is 6.27. The third kappa shape index (κ3) is 5.33. The Morgan fingerprint density at radius 3 is 2.00 bits per heavy atom. The molecule has 57 heavy (non-hydrogen) atoms. The molecule has 0 saturated carbocycles. The summed E-state index contributed by atoms with van der Waals surface area (Å²) in [6.45, 7) is 0. The van der Waals surface area contributed by atoms with Crippen molar-refractivity contribution in [3.8, 4) is 33.4 Å². The van der Waals surface area contributed by atoms with Crippen LogP contribution in [0.2, 0.25) is 0 Å². The molecule has 0 spiro atoms. The van der Waals surface area contributed by atoms with Crippen LogP contribution in [0.25, 0.3) is 55.3 Å². The number of furan rings is 1. The molecule has 1 unspecified atom stereocenters. The Hall–Kier alpha value is -7.16. The molecule has 2 aliphatic rings. The van der Waals surface area contributed by atoms with E-state index in [2.05, 4.69) is 205 Å². The fraction of sp³-hybridized carbons (Fsp3) is 0.0545. The highest BCUT2D eigenvalue weighted by Crippen LogP contribution is 2.58. The van der Waals surface area contributed by atoms with Crippen LogP contribution in [0.3, 0.4) is 0 Å². The van der Waals surface area contributed by atoms with E-state index in [4.69, 9.17) is 4.42 Å². The van der Waals surface area contributed by atoms with Crippen molar-refractivity contribution < 1.29 is 4.42 Å². The summed E-state index contributed by atoms with van der Waals surface area (Å²) in [5, 5.41) is 2.24. The molecule has 1 atom stereocenters. The third-order valence-electron chi connectivity index (χ3n) is 12.0. The van der Waals surface area contributed by atoms with E-state index in [9.17, 15) is 0 Å². The molecule has 8 aromatic carbocycles. The number of anilines is 3. The molecule has 0 aliphatic heterocycles. The van der Waals surface area contributed by atoms with Gasteiger partial charge in [-0.05, 0) is 111 Å². The molecule has 0 bridgehead atoms. The van der Waals surface area contributed by atoms with Crippen molar-refractivity contribution in [1.29, 1.82) is 0 Å². The first-order valence-electron chi connectivity index (χ1n) is 19.9. The predicted molar refractivity (Wildman–Crippen MR) is 237 cm³/mol. The van der Waals surface area contributed by atoms with Gasteiger partial charge in [0, 0.05) is 27.7 Å². The second-order valence-electron chi connectivity index (χ2n) is 15.1. The average molecular weight is 730 g/mol. The lowest BCUT2D eigenvalue weighted by Crippen LogP contribution is -2.29. The number of rotatable bonds is 7. The molecule has 9 aromatic rings. The van der Waals surface area contributed by atoms with E-state index in [0.29, 0.717) is 0 Å². The van der Waals surface area contributed by atoms with Crippen molar-refractivity contribution in [2.75, 3.05) is 4.90 Å². The monoisotopic (exact) mass is 729 g/mol. The van der Waals surface area contributed by atoms with Crippen LogP contribution in [0, 0.1) is 0 Å². The minimum Gasteiger partial charge on any atom is -0.456 e. The van der Waals surface area contributed by atoms with E-state index >= 15 is 0 Å². The van der Waals surface area contributed by atoms with Gasteiger partial charge in [-0.3, -0.25) is 0 Å². The van der Waals surface area contributed by atoms with E-state index in [1.165, 1.54) is 44.5 Å². The van der Waals surface area contributed by atoms with Crippen LogP contribution in [0.15, 0.2) is 222 Å². The molecule has 2 nitrogen and oxygen atoms in total. The van der Waals surface area contributed by atoms with Gasteiger partial charge < -0.3 is 9.32 Å². The SMILES string of the molecule is C1=CC(C2(c3ccccc3)c3ccccc3-c3ccc(N(c4cccc(-c5ccccc5)c4)c4ccccc4-c4ccc5oc6ccccc6c5c4)cc32)=CCC1. The molecular weight excluding hydrogens is 691 g/mol. The lowest BCUT2D eigenvalue weighted by molar-refractivity contribution is 0.669. The normalized spacial score (nSPS) is 15.7. The standard InChI is InChI=1S/C55H39NO/c1-4-17-38(18-5-1)39-19-16-24-43(35-39)56(52-29-14-11-25-45(52)40-31-34-54-49(36-40)48-27-12-15-30-53(48)57-54)44-32-33-47-46-26-10-13-28-50(46)55(51(47)37-44,41-20-6-2-7-21-41)42-22-8-3-9-23-42/h1-2,4-8,10-37H,3,9H2. The number of fused-ring (bicyclic) bond motifs is 6. The molecule has 0 fully saturated rings. The molecule has 2 heteroatoms. The Morgan fingerprint density at radius 2 is 1.14 bits per heavy atom. The van der Waals surface area contributed by atoms with Crippen molar-refractivity contribution in [3.63, 3.8) is 0 Å². The van der Waals surface area contributed by atoms with E-state index in [0.717, 1.165) is 63.0 Å². The molecule has 0 saturated heterocycles. The van der Waals surface area contributed by atoms with Gasteiger partial charge in [0.15, 0.2) is 0 Å². The van der Waals surface area contributed by atoms with E-state index in [1.807, 2.05) is 12.1 Å². The van der Waals surface area contributed by atoms with Crippen molar-refractivity contribution in [3.05, 3.63) is 235 Å². The maximum Gasteiger partial charge on any atom is 0.135 e. The number of benzene rings is 8. The Kier molecular flexibility index (Phi) is 7.89. The minimum absolute atomic E-state index is 0.468. The lowest BCUT2D eigenvalue weighted by atomic mass is 9.66. The van der Waals surface area contributed by atoms with Crippen LogP contribution in [0.5, 0.6) is 0 Å². The van der Waals surface area contributed by atoms with Gasteiger partial charge in [-0.15, -0.1) is 0 Å². The molecule has 0 N–H and O–H groups in total. The first-order chi connectivity index (χ1) is 28.3. The fourth-order valence-electron chi connectivity index (χ4n) is 9.46. The quantitative estimate of drug-likeness (QED) is 0.162. The van der Waals surface area contributed by atoms with Crippen LogP contribution in [0.1, 0.15) is 29.5 Å². The number of hydrogen-bond donors (Lipinski definition) is 0. The minimum atomic E-state index is -0.468. The molecule has 2 aliphatic carbocycles. The van der Waals surface area contributed by atoms with Gasteiger partial charge in [0.2, 0.25) is 0 Å². The van der Waals surface area contributed by atoms with Gasteiger partial charge in [0.05, 0.1) is 11.1 Å². The molecule has 1 aromatic heterocycles. The number of hydrogen-bond acceptors (Lipinski definition) is 2. The van der Waals surface area contributed by atoms with Crippen molar-refractivity contribution in [2.24, 2.45) is 0 Å². The predicted octanol–water partition coefficient (Wildman–Crippen LogP) is 15.0. The van der Waals surface area contributed by atoms with Crippen molar-refractivity contribution in [2.45, 2.75) is 18.3 Å². The lowest BCUT2D eigenvalue weighted by Gasteiger charge is -2.36. The Labute approximate surface area is 333 Å². The van der Waals surface area contributed by atoms with Crippen LogP contribution in [-0.4, -0.2) is 0 Å². The summed E-state index contributed by atoms with van der Waals surface area (Å²) in [6, 6.07) is 70.7. The zero-order chi connectivity index (χ0) is 37.8. The first kappa shape index (κ1) is 33.2. The number of allylic oxidation sites excluding steroid dienone is 4. The Morgan fingerprint density at radius 1 is 0.439 bits per heavy atom. The topological polar surface area (TPSA) is 16.4 Å². The second-order valence-corrected chi connectivity index (χ2v) is 15.1. The fourth-order valence-corrected chi connectivity index (χ4v) is 9.46. The summed E-state index contributed by atoms with van der Waals surface area (Å²) in [7, 11) is 0. The largest absolute Gasteiger partial charge is 0.456 e. The third-order valence-corrected chi connectivity index (χ3v) is 12.0. The first-order valence-corrected chi connectivity index (χ1v) is 19.9. The van der Waals surface area contributed by atoms with Gasteiger partial charge >= 0.3 is 0 Å². The van der Waals surface area contributed by atoms with Crippen LogP contribution in [0.4, 0.5) is 17.1 Å². The summed E-state index contributed by atoms with van der Waals surface area (Å²) in [5.41, 5.74) is 17.1. The summed E-state index contributed by atoms with van der Waals surface area (Å²) in [6.07, 6.45) is 9.28. The zero-order valence-corrected chi connectivity index (χ0v) is 31.5. The summed E-state index contributed by atoms with van der Waals surface area (Å²) in [4.78, 5) is 2.46. The highest BCUT2D eigenvalue weighted by atomic mass is 16.3. The van der Waals surface area contributed by atoms with E-state index in [-0.39, 0.29) is 0 Å². The van der Waals surface area contributed by atoms with Gasteiger partial charge in [0.25, 0.3) is 0 Å². The zero-order valence-electron chi connectivity index (χ0n) is 31.5. The highest BCUT2D eigenvalue weighted by molar-refractivity contribution is 6.07. The maximum absolute atomic E-state index is 6.27. The van der Waals surface area contributed by atoms with Gasteiger partial charge in [0.1, 0.15) is 11.2 Å². The van der Waals surface area contributed by atoms with Gasteiger partial charge in [-0.2, -0.15) is 0 Å². The molecule has 11 rings (SSSR count).